The first kappa shape index (κ1) is 14.8. The van der Waals surface area contributed by atoms with Crippen LogP contribution >= 0.6 is 0 Å². The Morgan fingerprint density at radius 1 is 1.00 bits per heavy atom. The molecule has 0 fully saturated rings. The molecule has 0 bridgehead atoms. The predicted octanol–water partition coefficient (Wildman–Crippen LogP) is -2.63. The van der Waals surface area contributed by atoms with Crippen LogP contribution in [0.25, 0.3) is 0 Å². The molecular formula is C6H11NO7. The van der Waals surface area contributed by atoms with E-state index in [-0.39, 0.29) is 5.91 Å². The molecule has 0 radical (unpaired) electrons. The van der Waals surface area contributed by atoms with Crippen molar-refractivity contribution in [2.24, 2.45) is 5.73 Å². The van der Waals surface area contributed by atoms with Gasteiger partial charge in [0.2, 0.25) is 5.91 Å². The summed E-state index contributed by atoms with van der Waals surface area (Å²) in [5.74, 6) is -3.87. The number of carboxylic acids is 2. The van der Waals surface area contributed by atoms with Crippen molar-refractivity contribution in [1.82, 2.24) is 0 Å². The predicted molar refractivity (Wildman–Crippen MR) is 42.2 cm³/mol. The lowest BCUT2D eigenvalue weighted by molar-refractivity contribution is -0.165. The maximum Gasteiger partial charge on any atom is 0.335 e. The van der Waals surface area contributed by atoms with Crippen LogP contribution < -0.4 is 5.73 Å². The summed E-state index contributed by atoms with van der Waals surface area (Å²) in [5.41, 5.74) is 4.47. The molecule has 1 amide bonds. The number of rotatable bonds is 3. The van der Waals surface area contributed by atoms with Gasteiger partial charge in [-0.25, -0.2) is 9.59 Å². The fraction of sp³-hybridized carbons (Fsp3) is 0.500. The molecule has 0 aromatic heterocycles. The molecule has 8 nitrogen and oxygen atoms in total. The zero-order chi connectivity index (χ0) is 11.9. The number of hydrogen-bond acceptors (Lipinski definition) is 5. The highest BCUT2D eigenvalue weighted by molar-refractivity contribution is 5.83. The van der Waals surface area contributed by atoms with Crippen molar-refractivity contribution < 1.29 is 34.8 Å². The maximum absolute atomic E-state index is 9.77. The van der Waals surface area contributed by atoms with Crippen LogP contribution in [0.1, 0.15) is 6.92 Å². The molecule has 0 aromatic carbocycles. The molecule has 0 spiro atoms. The number of primary amides is 1. The summed E-state index contributed by atoms with van der Waals surface area (Å²) in [4.78, 5) is 28.8. The molecule has 0 saturated carbocycles. The van der Waals surface area contributed by atoms with Gasteiger partial charge >= 0.3 is 11.9 Å². The average molecular weight is 209 g/mol. The molecule has 8 heteroatoms. The van der Waals surface area contributed by atoms with Gasteiger partial charge in [-0.2, -0.15) is 0 Å². The summed E-state index contributed by atoms with van der Waals surface area (Å²) in [6.45, 7) is 1.31. The highest BCUT2D eigenvalue weighted by Gasteiger charge is 2.29. The van der Waals surface area contributed by atoms with Crippen molar-refractivity contribution in [3.8, 4) is 0 Å². The Bertz CT molecular complexity index is 204. The first-order valence-electron chi connectivity index (χ1n) is 3.28. The highest BCUT2D eigenvalue weighted by atomic mass is 16.4. The molecule has 6 N–H and O–H groups in total. The van der Waals surface area contributed by atoms with Crippen molar-refractivity contribution in [3.63, 3.8) is 0 Å². The van der Waals surface area contributed by atoms with Gasteiger partial charge in [-0.1, -0.05) is 0 Å². The van der Waals surface area contributed by atoms with E-state index in [0.29, 0.717) is 0 Å². The number of amides is 1. The topological polar surface area (TPSA) is 158 Å². The third kappa shape index (κ3) is 8.43. The van der Waals surface area contributed by atoms with Crippen LogP contribution in [0.3, 0.4) is 0 Å². The van der Waals surface area contributed by atoms with Crippen LogP contribution in [0, 0.1) is 0 Å². The van der Waals surface area contributed by atoms with Gasteiger partial charge in [0.1, 0.15) is 0 Å². The van der Waals surface area contributed by atoms with E-state index < -0.39 is 24.1 Å². The van der Waals surface area contributed by atoms with E-state index in [0.717, 1.165) is 0 Å². The molecule has 0 aliphatic heterocycles. The normalized spacial score (nSPS) is 13.1. The summed E-state index contributed by atoms with van der Waals surface area (Å²) in [6.07, 6.45) is -4.53. The van der Waals surface area contributed by atoms with Gasteiger partial charge < -0.3 is 26.2 Å². The van der Waals surface area contributed by atoms with E-state index in [4.69, 9.17) is 20.4 Å². The minimum atomic E-state index is -2.27. The summed E-state index contributed by atoms with van der Waals surface area (Å²) < 4.78 is 0. The summed E-state index contributed by atoms with van der Waals surface area (Å²) >= 11 is 0. The minimum Gasteiger partial charge on any atom is -0.479 e. The Morgan fingerprint density at radius 3 is 1.21 bits per heavy atom. The maximum atomic E-state index is 9.77. The van der Waals surface area contributed by atoms with E-state index >= 15 is 0 Å². The van der Waals surface area contributed by atoms with Gasteiger partial charge in [0.05, 0.1) is 0 Å². The van der Waals surface area contributed by atoms with E-state index in [1.807, 2.05) is 0 Å². The summed E-state index contributed by atoms with van der Waals surface area (Å²) in [5, 5.41) is 32.5. The van der Waals surface area contributed by atoms with Crippen LogP contribution in [0.2, 0.25) is 0 Å². The lowest BCUT2D eigenvalue weighted by Gasteiger charge is -2.07. The smallest absolute Gasteiger partial charge is 0.335 e. The van der Waals surface area contributed by atoms with Gasteiger partial charge in [-0.3, -0.25) is 4.79 Å². The molecule has 14 heavy (non-hydrogen) atoms. The SMILES string of the molecule is CC(N)=O.O=C(O)[C@H](O)[C@@H](O)C(=O)O. The molecule has 0 unspecified atom stereocenters. The van der Waals surface area contributed by atoms with Crippen LogP contribution in [0.4, 0.5) is 0 Å². The van der Waals surface area contributed by atoms with Gasteiger partial charge in [-0.05, 0) is 0 Å². The van der Waals surface area contributed by atoms with Crippen LogP contribution in [-0.4, -0.2) is 50.5 Å². The number of carbonyl (C=O) groups excluding carboxylic acids is 1. The standard InChI is InChI=1S/C4H6O6.C2H5NO/c5-1(3(7)8)2(6)4(9)10;1-2(3)4/h1-2,5-6H,(H,7,8)(H,9,10);1H3,(H2,3,4)/t1-,2-;/m1./s1. The number of aliphatic hydroxyl groups excluding tert-OH is 2. The fourth-order valence-electron chi connectivity index (χ4n) is 0.270. The highest BCUT2D eigenvalue weighted by Crippen LogP contribution is 1.92. The number of hydrogen-bond donors (Lipinski definition) is 5. The second-order valence-electron chi connectivity index (χ2n) is 2.18. The van der Waals surface area contributed by atoms with Crippen LogP contribution in [0.5, 0.6) is 0 Å². The van der Waals surface area contributed by atoms with Crippen molar-refractivity contribution in [1.29, 1.82) is 0 Å². The molecule has 0 heterocycles. The van der Waals surface area contributed by atoms with E-state index in [9.17, 15) is 14.4 Å². The molecule has 0 aliphatic carbocycles. The number of aliphatic carboxylic acids is 2. The largest absolute Gasteiger partial charge is 0.479 e. The van der Waals surface area contributed by atoms with Crippen molar-refractivity contribution >= 4 is 17.8 Å². The first-order chi connectivity index (χ1) is 6.20. The summed E-state index contributed by atoms with van der Waals surface area (Å²) in [7, 11) is 0. The second-order valence-corrected chi connectivity index (χ2v) is 2.18. The van der Waals surface area contributed by atoms with E-state index in [1.165, 1.54) is 6.92 Å². The summed E-state index contributed by atoms with van der Waals surface area (Å²) in [6, 6.07) is 0. The third-order valence-electron chi connectivity index (χ3n) is 0.805. The number of carboxylic acid groups (broad SMARTS) is 2. The van der Waals surface area contributed by atoms with E-state index in [2.05, 4.69) is 5.73 Å². The number of nitrogens with two attached hydrogens (primary N) is 1. The second kappa shape index (κ2) is 6.80. The first-order valence-corrected chi connectivity index (χ1v) is 3.28. The van der Waals surface area contributed by atoms with Crippen LogP contribution in [0.15, 0.2) is 0 Å². The molecule has 0 rings (SSSR count). The zero-order valence-corrected chi connectivity index (χ0v) is 7.25. The molecule has 2 atom stereocenters. The molecule has 0 aliphatic rings. The molecule has 0 saturated heterocycles. The number of carbonyl (C=O) groups is 3. The third-order valence-corrected chi connectivity index (χ3v) is 0.805. The molecule has 82 valence electrons. The zero-order valence-electron chi connectivity index (χ0n) is 7.25. The lowest BCUT2D eigenvalue weighted by atomic mass is 10.2. The van der Waals surface area contributed by atoms with Gasteiger partial charge in [-0.15, -0.1) is 0 Å². The van der Waals surface area contributed by atoms with Gasteiger partial charge in [0.25, 0.3) is 0 Å². The minimum absolute atomic E-state index is 0.333. The molecule has 0 aromatic rings. The monoisotopic (exact) mass is 209 g/mol. The Labute approximate surface area is 78.6 Å². The fourth-order valence-corrected chi connectivity index (χ4v) is 0.270. The average Bonchev–Trinajstić information content (AvgIpc) is 2.00. The lowest BCUT2D eigenvalue weighted by Crippen LogP contribution is -2.39. The Balaban J connectivity index is 0. The Kier molecular flexibility index (Phi) is 7.21. The van der Waals surface area contributed by atoms with Crippen molar-refractivity contribution in [2.75, 3.05) is 0 Å². The Morgan fingerprint density at radius 2 is 1.14 bits per heavy atom. The number of aliphatic hydroxyl groups is 2. The van der Waals surface area contributed by atoms with Gasteiger partial charge in [0.15, 0.2) is 12.2 Å². The Hall–Kier alpha value is -1.67. The van der Waals surface area contributed by atoms with E-state index in [1.54, 1.807) is 0 Å². The van der Waals surface area contributed by atoms with Crippen molar-refractivity contribution in [2.45, 2.75) is 19.1 Å². The van der Waals surface area contributed by atoms with Crippen molar-refractivity contribution in [3.05, 3.63) is 0 Å². The van der Waals surface area contributed by atoms with Crippen LogP contribution in [-0.2, 0) is 14.4 Å². The molecular weight excluding hydrogens is 198 g/mol. The van der Waals surface area contributed by atoms with Gasteiger partial charge in [0, 0.05) is 6.92 Å². The quantitative estimate of drug-likeness (QED) is 0.340.